The molecule has 1 aliphatic carbocycles. The van der Waals surface area contributed by atoms with Gasteiger partial charge in [-0.1, -0.05) is 5.16 Å². The number of carbonyl (C=O) groups is 1. The van der Waals surface area contributed by atoms with Gasteiger partial charge in [0.15, 0.2) is 0 Å². The molecule has 0 bridgehead atoms. The maximum Gasteiger partial charge on any atom is 0.293 e. The first-order valence-corrected chi connectivity index (χ1v) is 8.37. The number of aromatic amines is 1. The first kappa shape index (κ1) is 13.7. The minimum absolute atomic E-state index is 0.114. The predicted octanol–water partition coefficient (Wildman–Crippen LogP) is 2.06. The van der Waals surface area contributed by atoms with Gasteiger partial charge in [-0.05, 0) is 37.0 Å². The highest BCUT2D eigenvalue weighted by atomic mass is 16.5. The van der Waals surface area contributed by atoms with Gasteiger partial charge >= 0.3 is 0 Å². The first-order chi connectivity index (χ1) is 11.8. The number of hydrogen-bond donors (Lipinski definition) is 1. The van der Waals surface area contributed by atoms with Crippen LogP contribution in [0.4, 0.5) is 0 Å². The SMILES string of the molecule is O=C(c1onc2ncccc12)N1CCc2[nH]nc(C3CC3)c2CC1. The van der Waals surface area contributed by atoms with Crippen molar-refractivity contribution in [3.8, 4) is 0 Å². The molecule has 7 heteroatoms. The number of hydrogen-bond acceptors (Lipinski definition) is 5. The van der Waals surface area contributed by atoms with Crippen molar-refractivity contribution in [1.29, 1.82) is 0 Å². The second kappa shape index (κ2) is 5.15. The molecule has 0 atom stereocenters. The molecule has 0 spiro atoms. The van der Waals surface area contributed by atoms with E-state index in [0.717, 1.165) is 12.8 Å². The number of aromatic nitrogens is 4. The number of H-pyrrole nitrogens is 1. The highest BCUT2D eigenvalue weighted by Gasteiger charge is 2.32. The van der Waals surface area contributed by atoms with E-state index in [-0.39, 0.29) is 11.7 Å². The summed E-state index contributed by atoms with van der Waals surface area (Å²) in [6, 6.07) is 3.61. The Kier molecular flexibility index (Phi) is 2.95. The number of amides is 1. The van der Waals surface area contributed by atoms with Gasteiger partial charge in [0.25, 0.3) is 5.91 Å². The van der Waals surface area contributed by atoms with Gasteiger partial charge in [0.1, 0.15) is 0 Å². The average Bonchev–Trinajstić information content (AvgIpc) is 3.30. The third kappa shape index (κ3) is 2.11. The summed E-state index contributed by atoms with van der Waals surface area (Å²) in [6.45, 7) is 1.33. The lowest BCUT2D eigenvalue weighted by atomic mass is 10.1. The molecule has 24 heavy (non-hydrogen) atoms. The van der Waals surface area contributed by atoms with Crippen LogP contribution in [-0.2, 0) is 12.8 Å². The molecule has 4 heterocycles. The Labute approximate surface area is 138 Å². The van der Waals surface area contributed by atoms with Crippen molar-refractivity contribution < 1.29 is 9.32 Å². The number of fused-ring (bicyclic) bond motifs is 2. The maximum atomic E-state index is 12.9. The Morgan fingerprint density at radius 2 is 2.17 bits per heavy atom. The van der Waals surface area contributed by atoms with Crippen LogP contribution in [0.1, 0.15) is 46.3 Å². The lowest BCUT2D eigenvalue weighted by Gasteiger charge is -2.18. The minimum atomic E-state index is -0.114. The van der Waals surface area contributed by atoms with Crippen molar-refractivity contribution in [2.45, 2.75) is 31.6 Å². The molecule has 0 saturated heterocycles. The second-order valence-electron chi connectivity index (χ2n) is 6.52. The van der Waals surface area contributed by atoms with Crippen molar-refractivity contribution in [2.75, 3.05) is 13.1 Å². The van der Waals surface area contributed by atoms with Gasteiger partial charge in [0.05, 0.1) is 11.1 Å². The van der Waals surface area contributed by atoms with Gasteiger partial charge in [0, 0.05) is 37.3 Å². The molecule has 1 fully saturated rings. The summed E-state index contributed by atoms with van der Waals surface area (Å²) >= 11 is 0. The molecule has 3 aromatic rings. The van der Waals surface area contributed by atoms with E-state index in [1.165, 1.54) is 29.8 Å². The Hall–Kier alpha value is -2.70. The fraction of sp³-hybridized carbons (Fsp3) is 0.412. The van der Waals surface area contributed by atoms with Gasteiger partial charge < -0.3 is 9.42 Å². The fourth-order valence-corrected chi connectivity index (χ4v) is 3.49. The molecule has 0 radical (unpaired) electrons. The zero-order chi connectivity index (χ0) is 16.1. The summed E-state index contributed by atoms with van der Waals surface area (Å²) in [5.41, 5.74) is 4.18. The van der Waals surface area contributed by atoms with Gasteiger partial charge in [-0.15, -0.1) is 0 Å². The number of nitrogens with zero attached hydrogens (tertiary/aromatic N) is 4. The highest BCUT2D eigenvalue weighted by Crippen LogP contribution is 2.41. The number of pyridine rings is 1. The Bertz CT molecular complexity index is 924. The first-order valence-electron chi connectivity index (χ1n) is 8.37. The van der Waals surface area contributed by atoms with Crippen molar-refractivity contribution in [2.24, 2.45) is 0 Å². The number of rotatable bonds is 2. The predicted molar refractivity (Wildman–Crippen MR) is 85.7 cm³/mol. The largest absolute Gasteiger partial charge is 0.348 e. The zero-order valence-corrected chi connectivity index (χ0v) is 13.2. The maximum absolute atomic E-state index is 12.9. The molecule has 2 aliphatic rings. The van der Waals surface area contributed by atoms with Crippen LogP contribution in [0, 0.1) is 0 Å². The van der Waals surface area contributed by atoms with Crippen molar-refractivity contribution in [1.82, 2.24) is 25.2 Å². The van der Waals surface area contributed by atoms with Crippen LogP contribution in [0.3, 0.4) is 0 Å². The molecule has 0 aromatic carbocycles. The van der Waals surface area contributed by atoms with Crippen molar-refractivity contribution in [3.63, 3.8) is 0 Å². The monoisotopic (exact) mass is 323 g/mol. The summed E-state index contributed by atoms with van der Waals surface area (Å²) in [7, 11) is 0. The van der Waals surface area contributed by atoms with Gasteiger partial charge in [-0.25, -0.2) is 4.98 Å². The van der Waals surface area contributed by atoms with E-state index >= 15 is 0 Å². The Morgan fingerprint density at radius 3 is 3.04 bits per heavy atom. The van der Waals surface area contributed by atoms with E-state index in [4.69, 9.17) is 4.52 Å². The lowest BCUT2D eigenvalue weighted by molar-refractivity contribution is 0.0723. The number of carbonyl (C=O) groups excluding carboxylic acids is 1. The molecule has 7 nitrogen and oxygen atoms in total. The van der Waals surface area contributed by atoms with E-state index in [2.05, 4.69) is 20.3 Å². The van der Waals surface area contributed by atoms with Crippen LogP contribution in [0.2, 0.25) is 0 Å². The standard InChI is InChI=1S/C17H17N5O2/c23-17(15-12-2-1-7-18-16(12)21-24-15)22-8-5-11-13(6-9-22)19-20-14(11)10-3-4-10/h1-2,7,10H,3-6,8-9H2,(H,19,20). The third-order valence-electron chi connectivity index (χ3n) is 4.95. The summed E-state index contributed by atoms with van der Waals surface area (Å²) in [6.07, 6.45) is 5.75. The van der Waals surface area contributed by atoms with Crippen LogP contribution >= 0.6 is 0 Å². The van der Waals surface area contributed by atoms with Crippen molar-refractivity contribution >= 4 is 16.9 Å². The van der Waals surface area contributed by atoms with Crippen LogP contribution in [0.25, 0.3) is 11.0 Å². The topological polar surface area (TPSA) is 87.9 Å². The summed E-state index contributed by atoms with van der Waals surface area (Å²) in [5.74, 6) is 0.789. The number of nitrogens with one attached hydrogen (secondary N) is 1. The van der Waals surface area contributed by atoms with E-state index < -0.39 is 0 Å². The Morgan fingerprint density at radius 1 is 1.29 bits per heavy atom. The quantitative estimate of drug-likeness (QED) is 0.780. The van der Waals surface area contributed by atoms with Crippen LogP contribution in [0.5, 0.6) is 0 Å². The second-order valence-corrected chi connectivity index (χ2v) is 6.52. The minimum Gasteiger partial charge on any atom is -0.348 e. The smallest absolute Gasteiger partial charge is 0.293 e. The van der Waals surface area contributed by atoms with Crippen LogP contribution in [0.15, 0.2) is 22.9 Å². The van der Waals surface area contributed by atoms with Gasteiger partial charge in [-0.3, -0.25) is 9.89 Å². The molecule has 1 saturated carbocycles. The third-order valence-corrected chi connectivity index (χ3v) is 4.95. The van der Waals surface area contributed by atoms with Crippen LogP contribution < -0.4 is 0 Å². The van der Waals surface area contributed by atoms with Crippen molar-refractivity contribution in [3.05, 3.63) is 41.0 Å². The molecule has 0 unspecified atom stereocenters. The lowest BCUT2D eigenvalue weighted by Crippen LogP contribution is -2.33. The Balaban J connectivity index is 1.41. The highest BCUT2D eigenvalue weighted by molar-refractivity contribution is 6.02. The van der Waals surface area contributed by atoms with E-state index in [1.807, 2.05) is 11.0 Å². The van der Waals surface area contributed by atoms with Gasteiger partial charge in [0.2, 0.25) is 11.4 Å². The fourth-order valence-electron chi connectivity index (χ4n) is 3.49. The molecule has 1 N–H and O–H groups in total. The molecule has 122 valence electrons. The van der Waals surface area contributed by atoms with E-state index in [0.29, 0.717) is 30.0 Å². The molecule has 1 aliphatic heterocycles. The molecule has 5 rings (SSSR count). The van der Waals surface area contributed by atoms with E-state index in [1.54, 1.807) is 12.3 Å². The molecule has 3 aromatic heterocycles. The average molecular weight is 323 g/mol. The van der Waals surface area contributed by atoms with Crippen LogP contribution in [-0.4, -0.2) is 44.2 Å². The molecule has 1 amide bonds. The summed E-state index contributed by atoms with van der Waals surface area (Å²) in [4.78, 5) is 18.8. The molecular weight excluding hydrogens is 306 g/mol. The van der Waals surface area contributed by atoms with Gasteiger partial charge in [-0.2, -0.15) is 5.10 Å². The summed E-state index contributed by atoms with van der Waals surface area (Å²) in [5, 5.41) is 12.2. The summed E-state index contributed by atoms with van der Waals surface area (Å²) < 4.78 is 5.28. The molecular formula is C17H17N5O2. The normalized spacial score (nSPS) is 17.8. The van der Waals surface area contributed by atoms with E-state index in [9.17, 15) is 4.79 Å². The zero-order valence-electron chi connectivity index (χ0n) is 13.2.